The molecule has 1 fully saturated rings. The molecular formula is C16H20N2O2. The second-order valence-corrected chi connectivity index (χ2v) is 5.32. The minimum atomic E-state index is 0.0557. The summed E-state index contributed by atoms with van der Waals surface area (Å²) >= 11 is 0. The summed E-state index contributed by atoms with van der Waals surface area (Å²) in [6.07, 6.45) is 4.29. The van der Waals surface area contributed by atoms with E-state index in [9.17, 15) is 5.11 Å². The van der Waals surface area contributed by atoms with Gasteiger partial charge in [0.2, 0.25) is 0 Å². The largest absolute Gasteiger partial charge is 0.381 e. The number of benzene rings is 1. The number of rotatable bonds is 5. The fourth-order valence-corrected chi connectivity index (χ4v) is 2.72. The van der Waals surface area contributed by atoms with Crippen LogP contribution < -0.4 is 0 Å². The number of aliphatic hydroxyl groups excluding tert-OH is 1. The SMILES string of the molecule is OCN(Cc1ccc2cccnc2c1)CC1CCCO1. The van der Waals surface area contributed by atoms with Gasteiger partial charge in [-0.15, -0.1) is 0 Å². The summed E-state index contributed by atoms with van der Waals surface area (Å²) < 4.78 is 5.63. The van der Waals surface area contributed by atoms with Crippen molar-refractivity contribution in [2.75, 3.05) is 19.9 Å². The summed E-state index contributed by atoms with van der Waals surface area (Å²) in [6.45, 7) is 2.42. The predicted octanol–water partition coefficient (Wildman–Crippen LogP) is 2.17. The minimum absolute atomic E-state index is 0.0557. The maximum Gasteiger partial charge on any atom is 0.0960 e. The Morgan fingerprint density at radius 1 is 1.35 bits per heavy atom. The van der Waals surface area contributed by atoms with Gasteiger partial charge in [-0.05, 0) is 30.5 Å². The molecule has 3 rings (SSSR count). The van der Waals surface area contributed by atoms with Gasteiger partial charge < -0.3 is 9.84 Å². The van der Waals surface area contributed by atoms with Crippen molar-refractivity contribution >= 4 is 10.9 Å². The molecule has 0 amide bonds. The first-order chi connectivity index (χ1) is 9.85. The van der Waals surface area contributed by atoms with E-state index in [4.69, 9.17) is 4.74 Å². The molecule has 4 heteroatoms. The highest BCUT2D eigenvalue weighted by Crippen LogP contribution is 2.17. The van der Waals surface area contributed by atoms with Crippen molar-refractivity contribution in [3.63, 3.8) is 0 Å². The van der Waals surface area contributed by atoms with E-state index in [-0.39, 0.29) is 12.8 Å². The molecule has 1 aliphatic heterocycles. The van der Waals surface area contributed by atoms with E-state index in [1.165, 1.54) is 5.56 Å². The van der Waals surface area contributed by atoms with Gasteiger partial charge in [0.05, 0.1) is 18.4 Å². The fourth-order valence-electron chi connectivity index (χ4n) is 2.72. The zero-order chi connectivity index (χ0) is 13.8. The van der Waals surface area contributed by atoms with Gasteiger partial charge in [-0.3, -0.25) is 9.88 Å². The van der Waals surface area contributed by atoms with Gasteiger partial charge in [-0.2, -0.15) is 0 Å². The first-order valence-corrected chi connectivity index (χ1v) is 7.13. The maximum atomic E-state index is 9.52. The quantitative estimate of drug-likeness (QED) is 0.847. The number of ether oxygens (including phenoxy) is 1. The molecule has 0 saturated carbocycles. The standard InChI is InChI=1S/C16H20N2O2/c19-12-18(11-15-4-2-8-20-15)10-13-5-6-14-3-1-7-17-16(14)9-13/h1,3,5-7,9,15,19H,2,4,8,10-12H2. The third-order valence-electron chi connectivity index (χ3n) is 3.76. The van der Waals surface area contributed by atoms with Gasteiger partial charge in [-0.1, -0.05) is 18.2 Å². The van der Waals surface area contributed by atoms with Gasteiger partial charge in [0.1, 0.15) is 0 Å². The molecule has 0 aliphatic carbocycles. The Hall–Kier alpha value is -1.49. The highest BCUT2D eigenvalue weighted by molar-refractivity contribution is 5.78. The lowest BCUT2D eigenvalue weighted by Crippen LogP contribution is -2.32. The summed E-state index contributed by atoms with van der Waals surface area (Å²) in [4.78, 5) is 6.39. The lowest BCUT2D eigenvalue weighted by molar-refractivity contribution is 0.0305. The van der Waals surface area contributed by atoms with Crippen molar-refractivity contribution in [1.82, 2.24) is 9.88 Å². The number of hydrogen-bond acceptors (Lipinski definition) is 4. The zero-order valence-electron chi connectivity index (χ0n) is 11.5. The predicted molar refractivity (Wildman–Crippen MR) is 78.2 cm³/mol. The molecule has 4 nitrogen and oxygen atoms in total. The van der Waals surface area contributed by atoms with Crippen LogP contribution in [0.15, 0.2) is 36.5 Å². The summed E-state index contributed by atoms with van der Waals surface area (Å²) in [5.41, 5.74) is 2.17. The maximum absolute atomic E-state index is 9.52. The van der Waals surface area contributed by atoms with Crippen LogP contribution in [0.3, 0.4) is 0 Å². The van der Waals surface area contributed by atoms with Crippen LogP contribution in [0.5, 0.6) is 0 Å². The topological polar surface area (TPSA) is 45.6 Å². The molecule has 1 aromatic carbocycles. The van der Waals surface area contributed by atoms with Gasteiger partial charge in [0.15, 0.2) is 0 Å². The number of fused-ring (bicyclic) bond motifs is 1. The second-order valence-electron chi connectivity index (χ2n) is 5.32. The van der Waals surface area contributed by atoms with Crippen molar-refractivity contribution in [3.05, 3.63) is 42.1 Å². The third-order valence-corrected chi connectivity index (χ3v) is 3.76. The van der Waals surface area contributed by atoms with Crippen LogP contribution in [0.2, 0.25) is 0 Å². The van der Waals surface area contributed by atoms with Crippen molar-refractivity contribution in [1.29, 1.82) is 0 Å². The molecule has 1 N–H and O–H groups in total. The van der Waals surface area contributed by atoms with Gasteiger partial charge >= 0.3 is 0 Å². The van der Waals surface area contributed by atoms with Crippen LogP contribution in [-0.2, 0) is 11.3 Å². The summed E-state index contributed by atoms with van der Waals surface area (Å²) in [6, 6.07) is 10.3. The molecule has 106 valence electrons. The molecule has 0 bridgehead atoms. The lowest BCUT2D eigenvalue weighted by Gasteiger charge is -2.22. The Kier molecular flexibility index (Phi) is 4.25. The fraction of sp³-hybridized carbons (Fsp3) is 0.438. The van der Waals surface area contributed by atoms with E-state index < -0.39 is 0 Å². The molecule has 0 spiro atoms. The van der Waals surface area contributed by atoms with Crippen LogP contribution in [0.1, 0.15) is 18.4 Å². The highest BCUT2D eigenvalue weighted by Gasteiger charge is 2.18. The molecule has 2 heterocycles. The smallest absolute Gasteiger partial charge is 0.0960 e. The number of hydrogen-bond donors (Lipinski definition) is 1. The number of pyridine rings is 1. The Morgan fingerprint density at radius 2 is 2.30 bits per heavy atom. The molecule has 1 saturated heterocycles. The highest BCUT2D eigenvalue weighted by atomic mass is 16.5. The third kappa shape index (κ3) is 3.15. The van der Waals surface area contributed by atoms with Crippen molar-refractivity contribution in [2.45, 2.75) is 25.5 Å². The minimum Gasteiger partial charge on any atom is -0.381 e. The van der Waals surface area contributed by atoms with Gasteiger partial charge in [0, 0.05) is 31.3 Å². The second kappa shape index (κ2) is 6.31. The van der Waals surface area contributed by atoms with E-state index in [1.54, 1.807) is 0 Å². The van der Waals surface area contributed by atoms with E-state index >= 15 is 0 Å². The van der Waals surface area contributed by atoms with E-state index in [0.717, 1.165) is 43.4 Å². The number of aliphatic hydroxyl groups is 1. The normalized spacial score (nSPS) is 19.0. The molecule has 1 unspecified atom stereocenters. The average Bonchev–Trinajstić information content (AvgIpc) is 2.99. The first-order valence-electron chi connectivity index (χ1n) is 7.13. The van der Waals surface area contributed by atoms with Crippen molar-refractivity contribution in [2.24, 2.45) is 0 Å². The Labute approximate surface area is 119 Å². The van der Waals surface area contributed by atoms with Crippen LogP contribution in [0, 0.1) is 0 Å². The molecule has 0 radical (unpaired) electrons. The van der Waals surface area contributed by atoms with Crippen LogP contribution in [0.4, 0.5) is 0 Å². The Morgan fingerprint density at radius 3 is 3.10 bits per heavy atom. The van der Waals surface area contributed by atoms with Crippen molar-refractivity contribution < 1.29 is 9.84 Å². The average molecular weight is 272 g/mol. The van der Waals surface area contributed by atoms with Crippen molar-refractivity contribution in [3.8, 4) is 0 Å². The van der Waals surface area contributed by atoms with E-state index in [2.05, 4.69) is 29.2 Å². The summed E-state index contributed by atoms with van der Waals surface area (Å²) in [5.74, 6) is 0. The number of aromatic nitrogens is 1. The Bertz CT molecular complexity index is 567. The van der Waals surface area contributed by atoms with Crippen LogP contribution in [0.25, 0.3) is 10.9 Å². The van der Waals surface area contributed by atoms with Crippen LogP contribution >= 0.6 is 0 Å². The molecule has 1 aliphatic rings. The summed E-state index contributed by atoms with van der Waals surface area (Å²) in [7, 11) is 0. The molecule has 20 heavy (non-hydrogen) atoms. The lowest BCUT2D eigenvalue weighted by atomic mass is 10.1. The molecule has 2 aromatic rings. The first kappa shape index (κ1) is 13.5. The monoisotopic (exact) mass is 272 g/mol. The zero-order valence-corrected chi connectivity index (χ0v) is 11.5. The molecule has 1 aromatic heterocycles. The van der Waals surface area contributed by atoms with Crippen LogP contribution in [-0.4, -0.2) is 41.0 Å². The van der Waals surface area contributed by atoms with Gasteiger partial charge in [0.25, 0.3) is 0 Å². The number of nitrogens with zero attached hydrogens (tertiary/aromatic N) is 2. The van der Waals surface area contributed by atoms with E-state index in [0.29, 0.717) is 0 Å². The van der Waals surface area contributed by atoms with Gasteiger partial charge in [-0.25, -0.2) is 0 Å². The molecule has 1 atom stereocenters. The van der Waals surface area contributed by atoms with E-state index in [1.807, 2.05) is 17.2 Å². The Balaban J connectivity index is 1.69. The summed E-state index contributed by atoms with van der Waals surface area (Å²) in [5, 5.41) is 10.7. The molecular weight excluding hydrogens is 252 g/mol.